The van der Waals surface area contributed by atoms with Crippen LogP contribution < -0.4 is 0 Å². The number of aliphatic hydroxyl groups is 1. The van der Waals surface area contributed by atoms with E-state index in [0.29, 0.717) is 5.82 Å². The summed E-state index contributed by atoms with van der Waals surface area (Å²) >= 11 is 0. The van der Waals surface area contributed by atoms with Crippen molar-refractivity contribution in [3.63, 3.8) is 0 Å². The third kappa shape index (κ3) is 2.25. The highest BCUT2D eigenvalue weighted by molar-refractivity contribution is 5.58. The van der Waals surface area contributed by atoms with E-state index >= 15 is 0 Å². The van der Waals surface area contributed by atoms with Gasteiger partial charge in [-0.3, -0.25) is 4.90 Å². The fourth-order valence-corrected chi connectivity index (χ4v) is 5.36. The number of aromatic nitrogens is 4. The molecule has 1 aliphatic heterocycles. The van der Waals surface area contributed by atoms with Gasteiger partial charge in [0.05, 0.1) is 0 Å². The number of aromatic amines is 1. The third-order valence-corrected chi connectivity index (χ3v) is 7.00. The lowest BCUT2D eigenvalue weighted by atomic mass is 9.53. The van der Waals surface area contributed by atoms with Crippen molar-refractivity contribution in [1.82, 2.24) is 25.5 Å². The summed E-state index contributed by atoms with van der Waals surface area (Å²) in [5.41, 5.74) is 4.29. The Bertz CT molecular complexity index is 1030. The minimum absolute atomic E-state index is 0.0157. The van der Waals surface area contributed by atoms with Crippen molar-refractivity contribution < 1.29 is 5.11 Å². The summed E-state index contributed by atoms with van der Waals surface area (Å²) in [6.45, 7) is 5.33. The van der Waals surface area contributed by atoms with Gasteiger partial charge in [-0.15, -0.1) is 10.2 Å². The van der Waals surface area contributed by atoms with Crippen LogP contribution in [-0.2, 0) is 17.4 Å². The molecule has 0 amide bonds. The van der Waals surface area contributed by atoms with E-state index < -0.39 is 5.60 Å². The summed E-state index contributed by atoms with van der Waals surface area (Å²) < 4.78 is 0. The maximum absolute atomic E-state index is 12.4. The van der Waals surface area contributed by atoms with Crippen molar-refractivity contribution in [2.75, 3.05) is 13.6 Å². The molecule has 3 atom stereocenters. The number of likely N-dealkylation sites (tertiary alicyclic amines) is 1. The topological polar surface area (TPSA) is 77.9 Å². The van der Waals surface area contributed by atoms with Gasteiger partial charge < -0.3 is 5.11 Å². The van der Waals surface area contributed by atoms with Crippen LogP contribution in [0.1, 0.15) is 35.6 Å². The molecule has 0 saturated carbocycles. The van der Waals surface area contributed by atoms with Crippen molar-refractivity contribution in [3.8, 4) is 11.4 Å². The largest absolute Gasteiger partial charge is 0.383 e. The van der Waals surface area contributed by atoms with E-state index in [9.17, 15) is 5.11 Å². The summed E-state index contributed by atoms with van der Waals surface area (Å²) in [5, 5.41) is 26.8. The molecule has 2 aliphatic rings. The Labute approximate surface area is 164 Å². The number of tetrazole rings is 1. The highest BCUT2D eigenvalue weighted by Crippen LogP contribution is 2.56. The Balaban J connectivity index is 1.73. The van der Waals surface area contributed by atoms with E-state index in [0.717, 1.165) is 30.5 Å². The number of aryl methyl sites for hydroxylation is 1. The van der Waals surface area contributed by atoms with Crippen molar-refractivity contribution in [2.45, 2.75) is 43.7 Å². The number of hydrogen-bond acceptors (Lipinski definition) is 5. The number of nitrogens with zero attached hydrogens (tertiary/aromatic N) is 4. The smallest absolute Gasteiger partial charge is 0.204 e. The van der Waals surface area contributed by atoms with Gasteiger partial charge in [-0.1, -0.05) is 48.9 Å². The van der Waals surface area contributed by atoms with E-state index in [1.165, 1.54) is 16.7 Å². The molecule has 2 aromatic carbocycles. The van der Waals surface area contributed by atoms with Crippen LogP contribution >= 0.6 is 0 Å². The monoisotopic (exact) mass is 375 g/mol. The minimum atomic E-state index is -0.999. The lowest BCUT2D eigenvalue weighted by Gasteiger charge is -2.60. The Morgan fingerprint density at radius 2 is 2.07 bits per heavy atom. The molecular formula is C22H25N5O. The van der Waals surface area contributed by atoms with Crippen LogP contribution in [0.25, 0.3) is 11.4 Å². The average molecular weight is 375 g/mol. The number of likely N-dealkylation sites (N-methyl/N-ethyl adjacent to an activating group) is 1. The molecule has 6 heteroatoms. The normalized spacial score (nSPS) is 29.5. The minimum Gasteiger partial charge on any atom is -0.383 e. The summed E-state index contributed by atoms with van der Waals surface area (Å²) in [4.78, 5) is 2.31. The summed E-state index contributed by atoms with van der Waals surface area (Å²) in [6.07, 6.45) is 1.74. The molecule has 2 N–H and O–H groups in total. The molecule has 1 fully saturated rings. The molecule has 28 heavy (non-hydrogen) atoms. The molecule has 0 spiro atoms. The first kappa shape index (κ1) is 17.5. The first-order valence-corrected chi connectivity index (χ1v) is 9.80. The lowest BCUT2D eigenvalue weighted by Crippen LogP contribution is -2.67. The Hall–Kier alpha value is -2.57. The first-order valence-electron chi connectivity index (χ1n) is 9.80. The van der Waals surface area contributed by atoms with Gasteiger partial charge in [-0.2, -0.15) is 5.21 Å². The predicted octanol–water partition coefficient (Wildman–Crippen LogP) is 2.58. The molecule has 1 aliphatic carbocycles. The number of benzene rings is 2. The van der Waals surface area contributed by atoms with Crippen molar-refractivity contribution in [2.24, 2.45) is 0 Å². The zero-order valence-corrected chi connectivity index (χ0v) is 16.5. The number of rotatable bonds is 2. The Morgan fingerprint density at radius 1 is 1.21 bits per heavy atom. The second-order valence-corrected chi connectivity index (χ2v) is 8.53. The van der Waals surface area contributed by atoms with Gasteiger partial charge in [-0.25, -0.2) is 0 Å². The van der Waals surface area contributed by atoms with Gasteiger partial charge in [-0.05, 0) is 61.3 Å². The second-order valence-electron chi connectivity index (χ2n) is 8.53. The molecule has 1 aromatic heterocycles. The molecule has 3 aromatic rings. The molecule has 2 bridgehead atoms. The van der Waals surface area contributed by atoms with Crippen molar-refractivity contribution >= 4 is 0 Å². The quantitative estimate of drug-likeness (QED) is 0.720. The van der Waals surface area contributed by atoms with Crippen LogP contribution in [0.2, 0.25) is 0 Å². The highest BCUT2D eigenvalue weighted by atomic mass is 16.3. The molecule has 1 saturated heterocycles. The van der Waals surface area contributed by atoms with Crippen LogP contribution in [0.5, 0.6) is 0 Å². The van der Waals surface area contributed by atoms with Crippen LogP contribution in [0.3, 0.4) is 0 Å². The van der Waals surface area contributed by atoms with Crippen molar-refractivity contribution in [1.29, 1.82) is 0 Å². The Kier molecular flexibility index (Phi) is 3.73. The predicted molar refractivity (Wildman–Crippen MR) is 107 cm³/mol. The number of piperidine rings is 1. The van der Waals surface area contributed by atoms with E-state index in [1.807, 2.05) is 24.3 Å². The summed E-state index contributed by atoms with van der Waals surface area (Å²) in [6, 6.07) is 14.7. The Morgan fingerprint density at radius 3 is 2.86 bits per heavy atom. The number of fused-ring (bicyclic) bond motifs is 4. The third-order valence-electron chi connectivity index (χ3n) is 7.00. The van der Waals surface area contributed by atoms with E-state index in [-0.39, 0.29) is 11.5 Å². The average Bonchev–Trinajstić information content (AvgIpc) is 3.23. The fraction of sp³-hybridized carbons (Fsp3) is 0.409. The van der Waals surface area contributed by atoms with Gasteiger partial charge in [0, 0.05) is 17.0 Å². The van der Waals surface area contributed by atoms with Gasteiger partial charge in [0.25, 0.3) is 0 Å². The van der Waals surface area contributed by atoms with Gasteiger partial charge >= 0.3 is 0 Å². The fourth-order valence-electron chi connectivity index (χ4n) is 5.36. The zero-order valence-electron chi connectivity index (χ0n) is 16.5. The standard InChI is InChI=1S/C22H25N5O/c1-14-7-8-15-13-19-22(28,21(2,18(15)11-14)9-10-27(19)3)17-6-4-5-16(12-17)20-23-25-26-24-20/h4-8,11-12,19,28H,9-10,13H2,1-3H3,(H,23,24,25,26)/t19-,21-,22?/m1/s1. The van der Waals surface area contributed by atoms with Gasteiger partial charge in [0.1, 0.15) is 5.60 Å². The lowest BCUT2D eigenvalue weighted by molar-refractivity contribution is -0.141. The molecular weight excluding hydrogens is 350 g/mol. The first-order chi connectivity index (χ1) is 13.4. The maximum atomic E-state index is 12.4. The van der Waals surface area contributed by atoms with E-state index in [1.54, 1.807) is 0 Å². The van der Waals surface area contributed by atoms with Crippen LogP contribution in [0.15, 0.2) is 42.5 Å². The number of hydrogen-bond donors (Lipinski definition) is 2. The second kappa shape index (κ2) is 5.96. The van der Waals surface area contributed by atoms with Gasteiger partial charge in [0.2, 0.25) is 5.82 Å². The molecule has 2 heterocycles. The summed E-state index contributed by atoms with van der Waals surface area (Å²) in [5.74, 6) is 0.543. The molecule has 0 radical (unpaired) electrons. The van der Waals surface area contributed by atoms with Gasteiger partial charge in [0.15, 0.2) is 0 Å². The SMILES string of the molecule is Cc1ccc2c(c1)[C@@]1(C)CCN(C)[C@H](C2)C1(O)c1cccc(-c2nn[nH]n2)c1. The molecule has 144 valence electrons. The summed E-state index contributed by atoms with van der Waals surface area (Å²) in [7, 11) is 2.12. The highest BCUT2D eigenvalue weighted by Gasteiger charge is 2.60. The zero-order chi connectivity index (χ0) is 19.5. The van der Waals surface area contributed by atoms with Crippen LogP contribution in [0.4, 0.5) is 0 Å². The van der Waals surface area contributed by atoms with Crippen molar-refractivity contribution in [3.05, 3.63) is 64.7 Å². The molecule has 1 unspecified atom stereocenters. The van der Waals surface area contributed by atoms with Crippen LogP contribution in [-0.4, -0.2) is 50.3 Å². The molecule has 5 rings (SSSR count). The van der Waals surface area contributed by atoms with E-state index in [4.69, 9.17) is 0 Å². The molecule has 6 nitrogen and oxygen atoms in total. The maximum Gasteiger partial charge on any atom is 0.204 e. The van der Waals surface area contributed by atoms with Crippen LogP contribution in [0, 0.1) is 6.92 Å². The van der Waals surface area contributed by atoms with E-state index in [2.05, 4.69) is 64.6 Å². The number of nitrogens with one attached hydrogen (secondary N) is 1. The number of H-pyrrole nitrogens is 1.